The smallest absolute Gasteiger partial charge is 0.266 e. The fourth-order valence-corrected chi connectivity index (χ4v) is 4.00. The minimum absolute atomic E-state index is 0.261. The molecule has 0 unspecified atom stereocenters. The van der Waals surface area contributed by atoms with E-state index in [4.69, 9.17) is 0 Å². The molecule has 6 nitrogen and oxygen atoms in total. The van der Waals surface area contributed by atoms with E-state index >= 15 is 0 Å². The van der Waals surface area contributed by atoms with Gasteiger partial charge in [-0.05, 0) is 75.4 Å². The van der Waals surface area contributed by atoms with Gasteiger partial charge in [-0.25, -0.2) is 4.90 Å². The van der Waals surface area contributed by atoms with Gasteiger partial charge in [0.25, 0.3) is 17.7 Å². The molecular formula is C26H25N3O3. The van der Waals surface area contributed by atoms with E-state index in [0.29, 0.717) is 34.1 Å². The van der Waals surface area contributed by atoms with Gasteiger partial charge < -0.3 is 10.2 Å². The lowest BCUT2D eigenvalue weighted by Gasteiger charge is -2.27. The predicted octanol–water partition coefficient (Wildman–Crippen LogP) is 4.97. The summed E-state index contributed by atoms with van der Waals surface area (Å²) in [4.78, 5) is 41.6. The summed E-state index contributed by atoms with van der Waals surface area (Å²) in [7, 11) is 0. The number of hydrogen-bond donors (Lipinski definition) is 1. The molecule has 0 radical (unpaired) electrons. The molecule has 162 valence electrons. The zero-order chi connectivity index (χ0) is 22.8. The number of nitrogens with zero attached hydrogens (tertiary/aromatic N) is 2. The van der Waals surface area contributed by atoms with Crippen molar-refractivity contribution in [3.63, 3.8) is 0 Å². The fourth-order valence-electron chi connectivity index (χ4n) is 4.00. The number of nitrogens with one attached hydrogen (secondary N) is 1. The van der Waals surface area contributed by atoms with Crippen LogP contribution in [0, 0.1) is 0 Å². The first-order chi connectivity index (χ1) is 15.4. The molecule has 1 N–H and O–H groups in total. The summed E-state index contributed by atoms with van der Waals surface area (Å²) in [5.74, 6) is -0.991. The van der Waals surface area contributed by atoms with Gasteiger partial charge in [-0.1, -0.05) is 18.2 Å². The van der Waals surface area contributed by atoms with Crippen LogP contribution in [0.3, 0.4) is 0 Å². The highest BCUT2D eigenvalue weighted by Gasteiger charge is 2.36. The highest BCUT2D eigenvalue weighted by molar-refractivity contribution is 6.34. The van der Waals surface area contributed by atoms with E-state index in [1.807, 2.05) is 12.1 Å². The van der Waals surface area contributed by atoms with Gasteiger partial charge in [0.05, 0.1) is 16.8 Å². The molecule has 0 bridgehead atoms. The Balaban J connectivity index is 1.52. The van der Waals surface area contributed by atoms with Crippen molar-refractivity contribution in [3.05, 3.63) is 89.5 Å². The van der Waals surface area contributed by atoms with E-state index in [1.165, 1.54) is 0 Å². The predicted molar refractivity (Wildman–Crippen MR) is 127 cm³/mol. The Kier molecular flexibility index (Phi) is 5.77. The largest absolute Gasteiger partial charge is 0.369 e. The number of carbonyl (C=O) groups excluding carboxylic acids is 3. The molecule has 3 aromatic rings. The van der Waals surface area contributed by atoms with Gasteiger partial charge in [0.2, 0.25) is 0 Å². The van der Waals surface area contributed by atoms with Gasteiger partial charge in [0.1, 0.15) is 0 Å². The molecule has 6 heteroatoms. The molecule has 1 aliphatic rings. The molecule has 1 aliphatic heterocycles. The molecule has 0 fully saturated rings. The standard InChI is InChI=1S/C26H25N3O3/c1-4-28(17(2)3)20-14-12-18(13-15-20)24(30)27-19-8-7-9-21(16-19)29-25(31)22-10-5-6-11-23(22)26(29)32/h5-17H,4H2,1-3H3,(H,27,30). The summed E-state index contributed by atoms with van der Waals surface area (Å²) in [6, 6.07) is 21.3. The maximum absolute atomic E-state index is 12.8. The Labute approximate surface area is 187 Å². The average molecular weight is 428 g/mol. The summed E-state index contributed by atoms with van der Waals surface area (Å²) in [5, 5.41) is 2.86. The number of benzene rings is 3. The van der Waals surface area contributed by atoms with Crippen molar-refractivity contribution in [2.75, 3.05) is 21.7 Å². The third-order valence-corrected chi connectivity index (χ3v) is 5.58. The van der Waals surface area contributed by atoms with Crippen molar-refractivity contribution in [1.29, 1.82) is 0 Å². The van der Waals surface area contributed by atoms with E-state index in [1.54, 1.807) is 60.7 Å². The number of hydrogen-bond acceptors (Lipinski definition) is 4. The molecular weight excluding hydrogens is 402 g/mol. The van der Waals surface area contributed by atoms with Crippen LogP contribution in [-0.4, -0.2) is 30.3 Å². The van der Waals surface area contributed by atoms with Crippen LogP contribution in [0.4, 0.5) is 17.1 Å². The van der Waals surface area contributed by atoms with E-state index in [9.17, 15) is 14.4 Å². The molecule has 4 rings (SSSR count). The average Bonchev–Trinajstić information content (AvgIpc) is 3.05. The highest BCUT2D eigenvalue weighted by Crippen LogP contribution is 2.30. The number of amides is 3. The first-order valence-corrected chi connectivity index (χ1v) is 10.7. The van der Waals surface area contributed by atoms with Crippen molar-refractivity contribution >= 4 is 34.8 Å². The third kappa shape index (κ3) is 3.87. The van der Waals surface area contributed by atoms with E-state index in [0.717, 1.165) is 17.1 Å². The number of rotatable bonds is 6. The van der Waals surface area contributed by atoms with Gasteiger partial charge >= 0.3 is 0 Å². The molecule has 0 saturated heterocycles. The van der Waals surface area contributed by atoms with Crippen LogP contribution in [0.2, 0.25) is 0 Å². The van der Waals surface area contributed by atoms with Crippen molar-refractivity contribution < 1.29 is 14.4 Å². The van der Waals surface area contributed by atoms with Crippen molar-refractivity contribution in [2.45, 2.75) is 26.8 Å². The van der Waals surface area contributed by atoms with Crippen LogP contribution in [0.25, 0.3) is 0 Å². The first kappa shape index (κ1) is 21.3. The van der Waals surface area contributed by atoms with E-state index in [2.05, 4.69) is 31.0 Å². The summed E-state index contributed by atoms with van der Waals surface area (Å²) >= 11 is 0. The minimum Gasteiger partial charge on any atom is -0.369 e. The Hall–Kier alpha value is -3.93. The molecule has 0 saturated carbocycles. The number of fused-ring (bicyclic) bond motifs is 1. The van der Waals surface area contributed by atoms with Crippen LogP contribution in [-0.2, 0) is 0 Å². The van der Waals surface area contributed by atoms with E-state index < -0.39 is 0 Å². The molecule has 1 heterocycles. The Bertz CT molecular complexity index is 1150. The monoisotopic (exact) mass is 427 g/mol. The van der Waals surface area contributed by atoms with Crippen molar-refractivity contribution in [2.24, 2.45) is 0 Å². The van der Waals surface area contributed by atoms with Gasteiger partial charge in [-0.15, -0.1) is 0 Å². The molecule has 0 aliphatic carbocycles. The summed E-state index contributed by atoms with van der Waals surface area (Å²) in [6.45, 7) is 7.24. The second kappa shape index (κ2) is 8.67. The molecule has 3 amide bonds. The van der Waals surface area contributed by atoms with Crippen LogP contribution in [0.5, 0.6) is 0 Å². The van der Waals surface area contributed by atoms with Crippen molar-refractivity contribution in [3.8, 4) is 0 Å². The number of carbonyl (C=O) groups is 3. The zero-order valence-corrected chi connectivity index (χ0v) is 18.3. The highest BCUT2D eigenvalue weighted by atomic mass is 16.2. The van der Waals surface area contributed by atoms with Crippen LogP contribution in [0.15, 0.2) is 72.8 Å². The maximum atomic E-state index is 12.8. The lowest BCUT2D eigenvalue weighted by molar-refractivity contribution is 0.0925. The molecule has 0 spiro atoms. The topological polar surface area (TPSA) is 69.7 Å². The second-order valence-electron chi connectivity index (χ2n) is 7.92. The SMILES string of the molecule is CCN(c1ccc(C(=O)Nc2cccc(N3C(=O)c4ccccc4C3=O)c2)cc1)C(C)C. The van der Waals surface area contributed by atoms with Crippen LogP contribution in [0.1, 0.15) is 51.8 Å². The summed E-state index contributed by atoms with van der Waals surface area (Å²) in [5.41, 5.74) is 3.28. The van der Waals surface area contributed by atoms with Crippen LogP contribution < -0.4 is 15.1 Å². The van der Waals surface area contributed by atoms with E-state index in [-0.39, 0.29) is 17.7 Å². The fraction of sp³-hybridized carbons (Fsp3) is 0.192. The lowest BCUT2D eigenvalue weighted by Crippen LogP contribution is -2.30. The normalized spacial score (nSPS) is 12.8. The Morgan fingerprint density at radius 1 is 0.906 bits per heavy atom. The maximum Gasteiger partial charge on any atom is 0.266 e. The Morgan fingerprint density at radius 3 is 2.09 bits per heavy atom. The summed E-state index contributed by atoms with van der Waals surface area (Å²) < 4.78 is 0. The molecule has 0 aromatic heterocycles. The zero-order valence-electron chi connectivity index (χ0n) is 18.3. The summed E-state index contributed by atoms with van der Waals surface area (Å²) in [6.07, 6.45) is 0. The van der Waals surface area contributed by atoms with Gasteiger partial charge in [0, 0.05) is 29.5 Å². The Morgan fingerprint density at radius 2 is 1.53 bits per heavy atom. The van der Waals surface area contributed by atoms with Crippen LogP contribution >= 0.6 is 0 Å². The third-order valence-electron chi connectivity index (χ3n) is 5.58. The number of anilines is 3. The lowest BCUT2D eigenvalue weighted by atomic mass is 10.1. The van der Waals surface area contributed by atoms with Gasteiger partial charge in [-0.2, -0.15) is 0 Å². The van der Waals surface area contributed by atoms with Gasteiger partial charge in [0.15, 0.2) is 0 Å². The molecule has 32 heavy (non-hydrogen) atoms. The second-order valence-corrected chi connectivity index (χ2v) is 7.92. The molecule has 3 aromatic carbocycles. The van der Waals surface area contributed by atoms with Crippen molar-refractivity contribution in [1.82, 2.24) is 0 Å². The quantitative estimate of drug-likeness (QED) is 0.564. The number of imide groups is 1. The van der Waals surface area contributed by atoms with Gasteiger partial charge in [-0.3, -0.25) is 14.4 Å². The minimum atomic E-state index is -0.365. The first-order valence-electron chi connectivity index (χ1n) is 10.7. The molecule has 0 atom stereocenters.